The van der Waals surface area contributed by atoms with Crippen LogP contribution in [-0.4, -0.2) is 27.1 Å². The van der Waals surface area contributed by atoms with Crippen LogP contribution in [-0.2, 0) is 6.54 Å². The molecule has 0 saturated carbocycles. The first-order chi connectivity index (χ1) is 13.0. The Balaban J connectivity index is 1.83. The van der Waals surface area contributed by atoms with E-state index in [-0.39, 0.29) is 5.69 Å². The number of rotatable bonds is 5. The van der Waals surface area contributed by atoms with E-state index in [4.69, 9.17) is 14.9 Å². The summed E-state index contributed by atoms with van der Waals surface area (Å²) in [7, 11) is 0. The van der Waals surface area contributed by atoms with Gasteiger partial charge in [0, 0.05) is 28.4 Å². The molecule has 0 spiro atoms. The first kappa shape index (κ1) is 16.8. The third-order valence-corrected chi connectivity index (χ3v) is 4.46. The number of carbonyl (C=O) groups is 1. The first-order valence-corrected chi connectivity index (χ1v) is 8.45. The van der Waals surface area contributed by atoms with Gasteiger partial charge in [0.2, 0.25) is 0 Å². The van der Waals surface area contributed by atoms with Crippen molar-refractivity contribution in [2.24, 2.45) is 0 Å². The molecule has 0 bridgehead atoms. The third kappa shape index (κ3) is 3.13. The molecule has 0 aliphatic rings. The summed E-state index contributed by atoms with van der Waals surface area (Å²) < 4.78 is 7.75. The van der Waals surface area contributed by atoms with Gasteiger partial charge in [0.1, 0.15) is 11.3 Å². The number of benzene rings is 2. The molecule has 6 nitrogen and oxygen atoms in total. The summed E-state index contributed by atoms with van der Waals surface area (Å²) in [6, 6.07) is 17.1. The lowest BCUT2D eigenvalue weighted by Gasteiger charge is -2.07. The minimum atomic E-state index is -1.06. The van der Waals surface area contributed by atoms with Gasteiger partial charge in [0.05, 0.1) is 6.54 Å². The van der Waals surface area contributed by atoms with Crippen molar-refractivity contribution in [2.45, 2.75) is 13.5 Å². The number of carboxylic acids is 1. The van der Waals surface area contributed by atoms with E-state index in [1.165, 1.54) is 12.3 Å². The van der Waals surface area contributed by atoms with E-state index in [9.17, 15) is 4.79 Å². The molecule has 2 aromatic carbocycles. The Morgan fingerprint density at radius 3 is 2.67 bits per heavy atom. The average molecular weight is 359 g/mol. The predicted molar refractivity (Wildman–Crippen MR) is 103 cm³/mol. The highest BCUT2D eigenvalue weighted by Crippen LogP contribution is 2.31. The van der Waals surface area contributed by atoms with E-state index >= 15 is 0 Å². The van der Waals surface area contributed by atoms with E-state index in [2.05, 4.69) is 5.10 Å². The van der Waals surface area contributed by atoms with Gasteiger partial charge in [0.25, 0.3) is 0 Å². The Hall–Kier alpha value is -3.67. The van der Waals surface area contributed by atoms with Crippen molar-refractivity contribution in [3.8, 4) is 11.3 Å². The average Bonchev–Trinajstić information content (AvgIpc) is 3.26. The molecular formula is C21H17N3O3. The number of carboxylic acid groups (broad SMARTS) is 1. The number of hydrogen-bond acceptors (Lipinski definition) is 4. The summed E-state index contributed by atoms with van der Waals surface area (Å²) in [5, 5.41) is 21.8. The minimum absolute atomic E-state index is 0.0105. The second kappa shape index (κ2) is 6.57. The molecule has 4 rings (SSSR count). The van der Waals surface area contributed by atoms with Crippen molar-refractivity contribution in [1.29, 1.82) is 5.41 Å². The lowest BCUT2D eigenvalue weighted by Crippen LogP contribution is -2.06. The van der Waals surface area contributed by atoms with Crippen LogP contribution in [0, 0.1) is 12.3 Å². The standard InChI is InChI=1S/C21H17N3O3/c1-13-7-18(21(25)26)23-24(13)12-17-9-14(11-22)8-16-10-19(27-20(16)17)15-5-3-2-4-6-15/h2-11,22H,12H2,1H3,(H,25,26). The number of aryl methyl sites for hydroxylation is 1. The first-order valence-electron chi connectivity index (χ1n) is 8.45. The Morgan fingerprint density at radius 1 is 1.22 bits per heavy atom. The fourth-order valence-corrected chi connectivity index (χ4v) is 3.13. The lowest BCUT2D eigenvalue weighted by molar-refractivity contribution is 0.0689. The Bertz CT molecular complexity index is 1160. The van der Waals surface area contributed by atoms with Gasteiger partial charge in [-0.05, 0) is 36.8 Å². The van der Waals surface area contributed by atoms with Gasteiger partial charge in [-0.25, -0.2) is 4.79 Å². The molecule has 0 unspecified atom stereocenters. The van der Waals surface area contributed by atoms with Crippen molar-refractivity contribution in [1.82, 2.24) is 9.78 Å². The van der Waals surface area contributed by atoms with Crippen LogP contribution in [0.1, 0.15) is 27.3 Å². The maximum absolute atomic E-state index is 11.2. The highest BCUT2D eigenvalue weighted by atomic mass is 16.4. The minimum Gasteiger partial charge on any atom is -0.476 e. The van der Waals surface area contributed by atoms with Crippen molar-refractivity contribution in [2.75, 3.05) is 0 Å². The fourth-order valence-electron chi connectivity index (χ4n) is 3.13. The van der Waals surface area contributed by atoms with Gasteiger partial charge in [-0.1, -0.05) is 30.3 Å². The van der Waals surface area contributed by atoms with Crippen LogP contribution in [0.15, 0.2) is 59.0 Å². The van der Waals surface area contributed by atoms with Crippen LogP contribution in [0.5, 0.6) is 0 Å². The highest BCUT2D eigenvalue weighted by molar-refractivity contribution is 5.91. The lowest BCUT2D eigenvalue weighted by atomic mass is 10.1. The number of fused-ring (bicyclic) bond motifs is 1. The smallest absolute Gasteiger partial charge is 0.356 e. The molecule has 2 N–H and O–H groups in total. The van der Waals surface area contributed by atoms with E-state index < -0.39 is 5.97 Å². The van der Waals surface area contributed by atoms with E-state index in [1.807, 2.05) is 55.5 Å². The number of nitrogens with one attached hydrogen (secondary N) is 1. The van der Waals surface area contributed by atoms with Gasteiger partial charge >= 0.3 is 5.97 Å². The maximum atomic E-state index is 11.2. The van der Waals surface area contributed by atoms with Crippen molar-refractivity contribution >= 4 is 23.2 Å². The summed E-state index contributed by atoms with van der Waals surface area (Å²) in [5.41, 5.74) is 4.04. The van der Waals surface area contributed by atoms with Gasteiger partial charge in [-0.2, -0.15) is 5.10 Å². The molecule has 2 heterocycles. The topological polar surface area (TPSA) is 92.1 Å². The molecule has 6 heteroatoms. The molecule has 0 aliphatic heterocycles. The van der Waals surface area contributed by atoms with Crippen LogP contribution in [0.2, 0.25) is 0 Å². The Labute approximate surface area is 155 Å². The van der Waals surface area contributed by atoms with Gasteiger partial charge in [-0.3, -0.25) is 4.68 Å². The summed E-state index contributed by atoms with van der Waals surface area (Å²) >= 11 is 0. The Kier molecular flexibility index (Phi) is 4.08. The molecule has 0 saturated heterocycles. The third-order valence-electron chi connectivity index (χ3n) is 4.46. The van der Waals surface area contributed by atoms with Gasteiger partial charge < -0.3 is 14.9 Å². The molecule has 4 aromatic rings. The number of nitrogens with zero attached hydrogens (tertiary/aromatic N) is 2. The molecule has 134 valence electrons. The molecule has 0 fully saturated rings. The van der Waals surface area contributed by atoms with Crippen LogP contribution >= 0.6 is 0 Å². The van der Waals surface area contributed by atoms with Crippen LogP contribution < -0.4 is 0 Å². The molecule has 0 radical (unpaired) electrons. The SMILES string of the molecule is Cc1cc(C(=O)O)nn1Cc1cc(C=N)cc2cc(-c3ccccc3)oc12. The normalized spacial score (nSPS) is 11.0. The monoisotopic (exact) mass is 359 g/mol. The van der Waals surface area contributed by atoms with Crippen molar-refractivity contribution in [3.63, 3.8) is 0 Å². The second-order valence-corrected chi connectivity index (χ2v) is 6.35. The van der Waals surface area contributed by atoms with Gasteiger partial charge in [0.15, 0.2) is 5.69 Å². The van der Waals surface area contributed by atoms with Crippen LogP contribution in [0.25, 0.3) is 22.3 Å². The van der Waals surface area contributed by atoms with E-state index in [0.717, 1.165) is 33.5 Å². The van der Waals surface area contributed by atoms with Crippen molar-refractivity contribution in [3.05, 3.63) is 77.1 Å². The highest BCUT2D eigenvalue weighted by Gasteiger charge is 2.15. The zero-order valence-corrected chi connectivity index (χ0v) is 14.6. The number of hydrogen-bond donors (Lipinski definition) is 2. The quantitative estimate of drug-likeness (QED) is 0.518. The van der Waals surface area contributed by atoms with Crippen LogP contribution in [0.3, 0.4) is 0 Å². The Morgan fingerprint density at radius 2 is 2.00 bits per heavy atom. The molecular weight excluding hydrogens is 342 g/mol. The zero-order valence-electron chi connectivity index (χ0n) is 14.6. The number of furan rings is 1. The van der Waals surface area contributed by atoms with Gasteiger partial charge in [-0.15, -0.1) is 0 Å². The maximum Gasteiger partial charge on any atom is 0.356 e. The molecule has 0 amide bonds. The summed E-state index contributed by atoms with van der Waals surface area (Å²) in [6.07, 6.45) is 1.29. The molecule has 2 aromatic heterocycles. The molecule has 0 aliphatic carbocycles. The van der Waals surface area contributed by atoms with Crippen molar-refractivity contribution < 1.29 is 14.3 Å². The summed E-state index contributed by atoms with van der Waals surface area (Å²) in [5.74, 6) is -0.308. The summed E-state index contributed by atoms with van der Waals surface area (Å²) in [6.45, 7) is 2.17. The van der Waals surface area contributed by atoms with E-state index in [1.54, 1.807) is 4.68 Å². The fraction of sp³-hybridized carbons (Fsp3) is 0.0952. The van der Waals surface area contributed by atoms with Crippen LogP contribution in [0.4, 0.5) is 0 Å². The zero-order chi connectivity index (χ0) is 19.0. The predicted octanol–water partition coefficient (Wildman–Crippen LogP) is 4.35. The van der Waals surface area contributed by atoms with E-state index in [0.29, 0.717) is 12.1 Å². The molecule has 27 heavy (non-hydrogen) atoms. The number of aromatic carboxylic acids is 1. The molecule has 0 atom stereocenters. The largest absolute Gasteiger partial charge is 0.476 e. The second-order valence-electron chi connectivity index (χ2n) is 6.35. The summed E-state index contributed by atoms with van der Waals surface area (Å²) in [4.78, 5) is 11.2. The number of aromatic nitrogens is 2.